The quantitative estimate of drug-likeness (QED) is 0.828. The Morgan fingerprint density at radius 1 is 1.00 bits per heavy atom. The molecule has 2 aromatic rings. The van der Waals surface area contributed by atoms with Gasteiger partial charge >= 0.3 is 12.0 Å². The van der Waals surface area contributed by atoms with E-state index in [9.17, 15) is 22.8 Å². The lowest BCUT2D eigenvalue weighted by molar-refractivity contribution is -0.121. The number of carbonyl (C=O) groups is 3. The normalized spacial score (nSPS) is 14.9. The van der Waals surface area contributed by atoms with Crippen LogP contribution in [0.5, 0.6) is 0 Å². The van der Waals surface area contributed by atoms with Gasteiger partial charge in [0.15, 0.2) is 0 Å². The van der Waals surface area contributed by atoms with Gasteiger partial charge in [0.25, 0.3) is 15.9 Å². The third-order valence-electron chi connectivity index (χ3n) is 3.61. The Kier molecular flexibility index (Phi) is 4.01. The molecule has 128 valence electrons. The average molecular weight is 360 g/mol. The van der Waals surface area contributed by atoms with Crippen molar-refractivity contribution in [1.82, 2.24) is 4.31 Å². The molecule has 8 nitrogen and oxygen atoms in total. The van der Waals surface area contributed by atoms with Gasteiger partial charge in [0.2, 0.25) is 0 Å². The fraction of sp³-hybridized carbons (Fsp3) is 0.0625. The van der Waals surface area contributed by atoms with Crippen LogP contribution < -0.4 is 4.90 Å². The van der Waals surface area contributed by atoms with E-state index in [-0.39, 0.29) is 9.87 Å². The molecule has 1 N–H and O–H groups in total. The summed E-state index contributed by atoms with van der Waals surface area (Å²) < 4.78 is 25.5. The van der Waals surface area contributed by atoms with Crippen LogP contribution in [0.3, 0.4) is 0 Å². The van der Waals surface area contributed by atoms with Crippen molar-refractivity contribution in [3.63, 3.8) is 0 Å². The lowest BCUT2D eigenvalue weighted by Gasteiger charge is -2.17. The standard InChI is InChI=1S/C16H12N2O6S/c19-14-10-17(12-6-2-1-3-7-12)16(22)18(14)25(23,24)13-8-4-5-11(9-13)15(20)21/h1-9H,10H2,(H,20,21). The van der Waals surface area contributed by atoms with Crippen molar-refractivity contribution >= 4 is 33.6 Å². The maximum atomic E-state index is 12.7. The number of aromatic carboxylic acids is 1. The highest BCUT2D eigenvalue weighted by atomic mass is 32.2. The molecule has 1 aliphatic rings. The first-order chi connectivity index (χ1) is 11.8. The van der Waals surface area contributed by atoms with Crippen molar-refractivity contribution in [3.05, 3.63) is 60.2 Å². The number of sulfonamides is 1. The molecule has 1 heterocycles. The first-order valence-electron chi connectivity index (χ1n) is 7.10. The topological polar surface area (TPSA) is 112 Å². The molecular weight excluding hydrogens is 348 g/mol. The van der Waals surface area contributed by atoms with Crippen molar-refractivity contribution in [3.8, 4) is 0 Å². The Labute approximate surface area is 143 Å². The first kappa shape index (κ1) is 16.7. The van der Waals surface area contributed by atoms with Gasteiger partial charge in [-0.3, -0.25) is 9.69 Å². The number of rotatable bonds is 4. The molecule has 9 heteroatoms. The number of hydrogen-bond acceptors (Lipinski definition) is 5. The predicted octanol–water partition coefficient (Wildman–Crippen LogP) is 1.54. The van der Waals surface area contributed by atoms with Crippen LogP contribution in [-0.4, -0.2) is 42.3 Å². The summed E-state index contributed by atoms with van der Waals surface area (Å²) in [7, 11) is -4.50. The Bertz CT molecular complexity index is 971. The Morgan fingerprint density at radius 2 is 1.68 bits per heavy atom. The number of hydrogen-bond donors (Lipinski definition) is 1. The van der Waals surface area contributed by atoms with Gasteiger partial charge in [-0.25, -0.2) is 18.0 Å². The zero-order chi connectivity index (χ0) is 18.2. The first-order valence-corrected chi connectivity index (χ1v) is 8.54. The second kappa shape index (κ2) is 6.02. The molecule has 3 amide bonds. The second-order valence-electron chi connectivity index (χ2n) is 5.20. The van der Waals surface area contributed by atoms with E-state index >= 15 is 0 Å². The summed E-state index contributed by atoms with van der Waals surface area (Å²) in [5.41, 5.74) is 0.123. The van der Waals surface area contributed by atoms with E-state index in [0.29, 0.717) is 5.69 Å². The fourth-order valence-electron chi connectivity index (χ4n) is 2.42. The van der Waals surface area contributed by atoms with E-state index in [4.69, 9.17) is 5.11 Å². The molecule has 0 radical (unpaired) electrons. The highest BCUT2D eigenvalue weighted by molar-refractivity contribution is 7.90. The van der Waals surface area contributed by atoms with E-state index in [0.717, 1.165) is 17.0 Å². The van der Waals surface area contributed by atoms with Crippen LogP contribution in [0.4, 0.5) is 10.5 Å². The number of carbonyl (C=O) groups excluding carboxylic acids is 2. The molecule has 1 fully saturated rings. The number of carboxylic acids is 1. The summed E-state index contributed by atoms with van der Waals surface area (Å²) in [6, 6.07) is 11.7. The predicted molar refractivity (Wildman–Crippen MR) is 86.6 cm³/mol. The largest absolute Gasteiger partial charge is 0.478 e. The molecular formula is C16H12N2O6S. The number of benzene rings is 2. The zero-order valence-electron chi connectivity index (χ0n) is 12.7. The molecule has 0 saturated carbocycles. The molecule has 2 aromatic carbocycles. The summed E-state index contributed by atoms with van der Waals surface area (Å²) in [6.45, 7) is -0.416. The SMILES string of the molecule is O=C(O)c1cccc(S(=O)(=O)N2C(=O)CN(c3ccccc3)C2=O)c1. The van der Waals surface area contributed by atoms with Gasteiger partial charge in [-0.15, -0.1) is 4.31 Å². The van der Waals surface area contributed by atoms with Gasteiger partial charge in [0, 0.05) is 5.69 Å². The van der Waals surface area contributed by atoms with E-state index in [1.54, 1.807) is 30.3 Å². The van der Waals surface area contributed by atoms with Crippen molar-refractivity contribution in [2.24, 2.45) is 0 Å². The van der Waals surface area contributed by atoms with Crippen molar-refractivity contribution < 1.29 is 27.9 Å². The molecule has 0 atom stereocenters. The lowest BCUT2D eigenvalue weighted by Crippen LogP contribution is -2.38. The molecule has 0 bridgehead atoms. The zero-order valence-corrected chi connectivity index (χ0v) is 13.5. The number of anilines is 1. The van der Waals surface area contributed by atoms with Crippen molar-refractivity contribution in [2.45, 2.75) is 4.90 Å². The van der Waals surface area contributed by atoms with Gasteiger partial charge in [-0.05, 0) is 30.3 Å². The minimum Gasteiger partial charge on any atom is -0.478 e. The Morgan fingerprint density at radius 3 is 2.32 bits per heavy atom. The summed E-state index contributed by atoms with van der Waals surface area (Å²) >= 11 is 0. The number of imide groups is 1. The molecule has 0 unspecified atom stereocenters. The maximum Gasteiger partial charge on any atom is 0.346 e. The number of para-hydroxylation sites is 1. The highest BCUT2D eigenvalue weighted by Gasteiger charge is 2.45. The molecule has 0 aliphatic carbocycles. The van der Waals surface area contributed by atoms with E-state index in [1.807, 2.05) is 0 Å². The Hall–Kier alpha value is -3.20. The van der Waals surface area contributed by atoms with Gasteiger partial charge in [0.05, 0.1) is 10.5 Å². The number of urea groups is 1. The smallest absolute Gasteiger partial charge is 0.346 e. The van der Waals surface area contributed by atoms with Crippen molar-refractivity contribution in [1.29, 1.82) is 0 Å². The Balaban J connectivity index is 2.00. The van der Waals surface area contributed by atoms with Crippen LogP contribution in [0, 0.1) is 0 Å². The summed E-state index contributed by atoms with van der Waals surface area (Å²) in [6.07, 6.45) is 0. The minimum absolute atomic E-state index is 0.168. The van der Waals surface area contributed by atoms with Gasteiger partial charge in [0.1, 0.15) is 6.54 Å². The van der Waals surface area contributed by atoms with E-state index in [2.05, 4.69) is 0 Å². The highest BCUT2D eigenvalue weighted by Crippen LogP contribution is 2.26. The van der Waals surface area contributed by atoms with Crippen LogP contribution in [0.1, 0.15) is 10.4 Å². The summed E-state index contributed by atoms with van der Waals surface area (Å²) in [5.74, 6) is -2.23. The second-order valence-corrected chi connectivity index (χ2v) is 6.99. The molecule has 1 aliphatic heterocycles. The van der Waals surface area contributed by atoms with Crippen molar-refractivity contribution in [2.75, 3.05) is 11.4 Å². The summed E-state index contributed by atoms with van der Waals surface area (Å²) in [5, 5.41) is 8.98. The molecule has 0 aromatic heterocycles. The average Bonchev–Trinajstić information content (AvgIpc) is 2.91. The lowest BCUT2D eigenvalue weighted by atomic mass is 10.2. The number of amides is 3. The van der Waals surface area contributed by atoms with Crippen LogP contribution in [0.15, 0.2) is 59.5 Å². The van der Waals surface area contributed by atoms with Gasteiger partial charge in [-0.1, -0.05) is 24.3 Å². The molecule has 25 heavy (non-hydrogen) atoms. The summed E-state index contributed by atoms with van der Waals surface area (Å²) in [4.78, 5) is 36.3. The van der Waals surface area contributed by atoms with Crippen LogP contribution >= 0.6 is 0 Å². The third-order valence-corrected chi connectivity index (χ3v) is 5.30. The van der Waals surface area contributed by atoms with Gasteiger partial charge in [-0.2, -0.15) is 0 Å². The maximum absolute atomic E-state index is 12.7. The van der Waals surface area contributed by atoms with E-state index in [1.165, 1.54) is 12.1 Å². The molecule has 1 saturated heterocycles. The van der Waals surface area contributed by atoms with Gasteiger partial charge < -0.3 is 5.11 Å². The monoisotopic (exact) mass is 360 g/mol. The van der Waals surface area contributed by atoms with E-state index < -0.39 is 39.4 Å². The van der Waals surface area contributed by atoms with Crippen LogP contribution in [0.25, 0.3) is 0 Å². The van der Waals surface area contributed by atoms with Crippen LogP contribution in [0.2, 0.25) is 0 Å². The fourth-order valence-corrected chi connectivity index (χ4v) is 3.79. The minimum atomic E-state index is -4.50. The third kappa shape index (κ3) is 2.85. The number of carboxylic acid groups (broad SMARTS) is 1. The number of nitrogens with zero attached hydrogens (tertiary/aromatic N) is 2. The van der Waals surface area contributed by atoms with Crippen LogP contribution in [-0.2, 0) is 14.8 Å². The molecule has 0 spiro atoms. The molecule has 3 rings (SSSR count).